The Balaban J connectivity index is 3.06. The third-order valence-corrected chi connectivity index (χ3v) is 4.31. The van der Waals surface area contributed by atoms with Crippen molar-refractivity contribution in [1.29, 1.82) is 0 Å². The quantitative estimate of drug-likeness (QED) is 0.558. The number of hydrogen-bond acceptors (Lipinski definition) is 0. The normalized spacial score (nSPS) is 26.8. The topological polar surface area (TPSA) is 0 Å². The monoisotopic (exact) mass is 220 g/mol. The summed E-state index contributed by atoms with van der Waals surface area (Å²) in [5.41, 5.74) is 2.57. The van der Waals surface area contributed by atoms with Crippen molar-refractivity contribution in [1.82, 2.24) is 0 Å². The van der Waals surface area contributed by atoms with Crippen LogP contribution in [0.1, 0.15) is 61.3 Å². The molecule has 0 radical (unpaired) electrons. The SMILES string of the molecule is CCC1(C(C)(C)C)C=CC=C(C(C)(C)C)C1. The van der Waals surface area contributed by atoms with Crippen LogP contribution < -0.4 is 0 Å². The van der Waals surface area contributed by atoms with Crippen LogP contribution in [0.25, 0.3) is 0 Å². The molecule has 0 aliphatic heterocycles. The number of rotatable bonds is 1. The van der Waals surface area contributed by atoms with Gasteiger partial charge in [-0.15, -0.1) is 0 Å². The molecular weight excluding hydrogens is 192 g/mol. The average Bonchev–Trinajstić information content (AvgIpc) is 2.15. The molecule has 0 amide bonds. The first-order valence-corrected chi connectivity index (χ1v) is 6.51. The van der Waals surface area contributed by atoms with E-state index in [0.717, 1.165) is 0 Å². The highest BCUT2D eigenvalue weighted by Gasteiger charge is 2.41. The zero-order chi connectivity index (χ0) is 12.6. The number of allylic oxidation sites excluding steroid dienone is 4. The van der Waals surface area contributed by atoms with E-state index in [-0.39, 0.29) is 0 Å². The number of hydrogen-bond donors (Lipinski definition) is 0. The molecule has 1 rings (SSSR count). The largest absolute Gasteiger partial charge is 0.0775 e. The molecule has 0 saturated heterocycles. The zero-order valence-corrected chi connectivity index (χ0v) is 12.1. The van der Waals surface area contributed by atoms with Gasteiger partial charge in [0, 0.05) is 0 Å². The third-order valence-electron chi connectivity index (χ3n) is 4.31. The van der Waals surface area contributed by atoms with Crippen LogP contribution in [-0.2, 0) is 0 Å². The Morgan fingerprint density at radius 3 is 2.06 bits per heavy atom. The summed E-state index contributed by atoms with van der Waals surface area (Å²) < 4.78 is 0. The molecule has 1 aliphatic carbocycles. The summed E-state index contributed by atoms with van der Waals surface area (Å²) >= 11 is 0. The van der Waals surface area contributed by atoms with E-state index in [9.17, 15) is 0 Å². The Kier molecular flexibility index (Phi) is 3.43. The maximum atomic E-state index is 2.43. The minimum Gasteiger partial charge on any atom is -0.0775 e. The van der Waals surface area contributed by atoms with Crippen LogP contribution in [0, 0.1) is 16.2 Å². The van der Waals surface area contributed by atoms with Gasteiger partial charge in [0.1, 0.15) is 0 Å². The van der Waals surface area contributed by atoms with Gasteiger partial charge in [0.05, 0.1) is 0 Å². The third kappa shape index (κ3) is 2.42. The minimum absolute atomic E-state index is 0.302. The fourth-order valence-corrected chi connectivity index (χ4v) is 2.61. The smallest absolute Gasteiger partial charge is 0.00318 e. The van der Waals surface area contributed by atoms with E-state index >= 15 is 0 Å². The highest BCUT2D eigenvalue weighted by atomic mass is 14.4. The Morgan fingerprint density at radius 2 is 1.69 bits per heavy atom. The maximum Gasteiger partial charge on any atom is -0.00318 e. The molecule has 0 aromatic heterocycles. The molecule has 0 heteroatoms. The van der Waals surface area contributed by atoms with E-state index < -0.39 is 0 Å². The van der Waals surface area contributed by atoms with Crippen LogP contribution in [0.2, 0.25) is 0 Å². The second kappa shape index (κ2) is 4.05. The maximum absolute atomic E-state index is 2.43. The van der Waals surface area contributed by atoms with Gasteiger partial charge in [-0.1, -0.05) is 72.3 Å². The molecule has 16 heavy (non-hydrogen) atoms. The van der Waals surface area contributed by atoms with Crippen LogP contribution in [0.3, 0.4) is 0 Å². The molecule has 0 spiro atoms. The summed E-state index contributed by atoms with van der Waals surface area (Å²) in [4.78, 5) is 0. The molecule has 1 atom stereocenters. The van der Waals surface area contributed by atoms with Gasteiger partial charge in [0.2, 0.25) is 0 Å². The lowest BCUT2D eigenvalue weighted by molar-refractivity contribution is 0.129. The fourth-order valence-electron chi connectivity index (χ4n) is 2.61. The molecule has 0 fully saturated rings. The first-order valence-electron chi connectivity index (χ1n) is 6.51. The Hall–Kier alpha value is -0.520. The summed E-state index contributed by atoms with van der Waals surface area (Å²) in [6, 6.07) is 0. The van der Waals surface area contributed by atoms with Gasteiger partial charge in [-0.3, -0.25) is 0 Å². The predicted octanol–water partition coefficient (Wildman–Crippen LogP) is 5.36. The molecule has 0 bridgehead atoms. The lowest BCUT2D eigenvalue weighted by Gasteiger charge is -2.46. The summed E-state index contributed by atoms with van der Waals surface area (Å²) in [6.45, 7) is 16.4. The van der Waals surface area contributed by atoms with Crippen molar-refractivity contribution in [3.63, 3.8) is 0 Å². The molecule has 1 unspecified atom stereocenters. The van der Waals surface area contributed by atoms with Crippen molar-refractivity contribution >= 4 is 0 Å². The first-order chi connectivity index (χ1) is 7.12. The summed E-state index contributed by atoms with van der Waals surface area (Å²) in [6.07, 6.45) is 9.47. The molecule has 0 aromatic rings. The first kappa shape index (κ1) is 13.5. The Morgan fingerprint density at radius 1 is 1.12 bits per heavy atom. The van der Waals surface area contributed by atoms with E-state index in [1.54, 1.807) is 5.57 Å². The van der Waals surface area contributed by atoms with Crippen molar-refractivity contribution in [3.8, 4) is 0 Å². The molecule has 0 heterocycles. The van der Waals surface area contributed by atoms with E-state index in [4.69, 9.17) is 0 Å². The van der Waals surface area contributed by atoms with Crippen LogP contribution in [-0.4, -0.2) is 0 Å². The van der Waals surface area contributed by atoms with Crippen molar-refractivity contribution < 1.29 is 0 Å². The second-order valence-electron chi connectivity index (χ2n) is 7.24. The lowest BCUT2D eigenvalue weighted by Crippen LogP contribution is -2.36. The highest BCUT2D eigenvalue weighted by molar-refractivity contribution is 5.29. The van der Waals surface area contributed by atoms with E-state index in [1.165, 1.54) is 12.8 Å². The van der Waals surface area contributed by atoms with Crippen molar-refractivity contribution in [2.75, 3.05) is 0 Å². The van der Waals surface area contributed by atoms with Gasteiger partial charge >= 0.3 is 0 Å². The molecule has 0 saturated carbocycles. The van der Waals surface area contributed by atoms with Crippen LogP contribution in [0.4, 0.5) is 0 Å². The summed E-state index contributed by atoms with van der Waals surface area (Å²) in [5, 5.41) is 0. The fraction of sp³-hybridized carbons (Fsp3) is 0.750. The molecule has 1 aliphatic rings. The Labute approximate surface area is 102 Å². The summed E-state index contributed by atoms with van der Waals surface area (Å²) in [7, 11) is 0. The molecular formula is C16H28. The van der Waals surface area contributed by atoms with Crippen molar-refractivity contribution in [2.45, 2.75) is 61.3 Å². The van der Waals surface area contributed by atoms with Gasteiger partial charge in [-0.2, -0.15) is 0 Å². The average molecular weight is 220 g/mol. The van der Waals surface area contributed by atoms with Crippen LogP contribution in [0.15, 0.2) is 23.8 Å². The summed E-state index contributed by atoms with van der Waals surface area (Å²) in [5.74, 6) is 0. The Bertz CT molecular complexity index is 304. The minimum atomic E-state index is 0.302. The lowest BCUT2D eigenvalue weighted by atomic mass is 9.58. The predicted molar refractivity (Wildman–Crippen MR) is 73.5 cm³/mol. The standard InChI is InChI=1S/C16H28/c1-8-16(15(5,6)7)11-9-10-13(12-16)14(2,3)4/h9-11H,8,12H2,1-7H3. The van der Waals surface area contributed by atoms with Crippen molar-refractivity contribution in [2.24, 2.45) is 16.2 Å². The van der Waals surface area contributed by atoms with E-state index in [1.807, 2.05) is 0 Å². The van der Waals surface area contributed by atoms with Gasteiger partial charge < -0.3 is 0 Å². The zero-order valence-electron chi connectivity index (χ0n) is 12.1. The highest BCUT2D eigenvalue weighted by Crippen LogP contribution is 2.51. The van der Waals surface area contributed by atoms with Gasteiger partial charge in [0.15, 0.2) is 0 Å². The van der Waals surface area contributed by atoms with E-state index in [2.05, 4.69) is 66.7 Å². The van der Waals surface area contributed by atoms with Gasteiger partial charge in [-0.05, 0) is 29.1 Å². The second-order valence-corrected chi connectivity index (χ2v) is 7.24. The van der Waals surface area contributed by atoms with Gasteiger partial charge in [0.25, 0.3) is 0 Å². The van der Waals surface area contributed by atoms with Gasteiger partial charge in [-0.25, -0.2) is 0 Å². The van der Waals surface area contributed by atoms with E-state index in [0.29, 0.717) is 16.2 Å². The van der Waals surface area contributed by atoms with Crippen LogP contribution >= 0.6 is 0 Å². The molecule has 0 N–H and O–H groups in total. The molecule has 92 valence electrons. The molecule has 0 nitrogen and oxygen atoms in total. The van der Waals surface area contributed by atoms with Crippen molar-refractivity contribution in [3.05, 3.63) is 23.8 Å². The molecule has 0 aromatic carbocycles. The van der Waals surface area contributed by atoms with Crippen LogP contribution in [0.5, 0.6) is 0 Å².